The fraction of sp³-hybridized carbons (Fsp3) is 0.368. The van der Waals surface area contributed by atoms with E-state index in [-0.39, 0.29) is 25.6 Å². The van der Waals surface area contributed by atoms with E-state index in [0.717, 1.165) is 12.1 Å². The van der Waals surface area contributed by atoms with Crippen LogP contribution in [0.25, 0.3) is 0 Å². The molecule has 3 rings (SSSR count). The number of hydrogen-bond donors (Lipinski definition) is 1. The summed E-state index contributed by atoms with van der Waals surface area (Å²) in [6, 6.07) is 7.75. The SMILES string of the molecule is O=C(C(=O)N1CCC(CNS(=O)(=O)c2ccccc2OC(F)(F)F)CC1)c1cccs1. The van der Waals surface area contributed by atoms with Gasteiger partial charge in [-0.25, -0.2) is 13.1 Å². The number of carbonyl (C=O) groups is 2. The minimum Gasteiger partial charge on any atom is -0.404 e. The van der Waals surface area contributed by atoms with Crippen molar-refractivity contribution in [2.45, 2.75) is 24.1 Å². The van der Waals surface area contributed by atoms with E-state index in [1.807, 2.05) is 0 Å². The molecule has 1 N–H and O–H groups in total. The van der Waals surface area contributed by atoms with Crippen LogP contribution in [0.4, 0.5) is 13.2 Å². The lowest BCUT2D eigenvalue weighted by molar-refractivity contribution is -0.275. The maximum Gasteiger partial charge on any atom is 0.573 e. The molecule has 0 atom stereocenters. The predicted molar refractivity (Wildman–Crippen MR) is 106 cm³/mol. The molecule has 7 nitrogen and oxygen atoms in total. The number of sulfonamides is 1. The Hall–Kier alpha value is -2.44. The van der Waals surface area contributed by atoms with E-state index in [9.17, 15) is 31.2 Å². The summed E-state index contributed by atoms with van der Waals surface area (Å²) in [5.74, 6) is -2.11. The van der Waals surface area contributed by atoms with E-state index >= 15 is 0 Å². The van der Waals surface area contributed by atoms with Crippen LogP contribution in [0.5, 0.6) is 5.75 Å². The van der Waals surface area contributed by atoms with Crippen molar-refractivity contribution >= 4 is 33.1 Å². The maximum absolute atomic E-state index is 12.5. The third-order valence-corrected chi connectivity index (χ3v) is 7.10. The van der Waals surface area contributed by atoms with Gasteiger partial charge in [-0.05, 0) is 42.3 Å². The molecule has 1 aromatic carbocycles. The topological polar surface area (TPSA) is 92.8 Å². The van der Waals surface area contributed by atoms with E-state index < -0.39 is 38.7 Å². The summed E-state index contributed by atoms with van der Waals surface area (Å²) in [4.78, 5) is 25.7. The van der Waals surface area contributed by atoms with Gasteiger partial charge < -0.3 is 9.64 Å². The largest absolute Gasteiger partial charge is 0.573 e. The van der Waals surface area contributed by atoms with E-state index in [1.54, 1.807) is 17.5 Å². The number of para-hydroxylation sites is 1. The molecule has 31 heavy (non-hydrogen) atoms. The van der Waals surface area contributed by atoms with Gasteiger partial charge in [0.15, 0.2) is 0 Å². The van der Waals surface area contributed by atoms with Crippen LogP contribution in [-0.4, -0.2) is 51.0 Å². The van der Waals surface area contributed by atoms with Crippen molar-refractivity contribution in [1.29, 1.82) is 0 Å². The van der Waals surface area contributed by atoms with Crippen LogP contribution in [0.15, 0.2) is 46.7 Å². The molecule has 168 valence electrons. The molecule has 1 fully saturated rings. The average Bonchev–Trinajstić information content (AvgIpc) is 3.26. The van der Waals surface area contributed by atoms with Gasteiger partial charge in [-0.1, -0.05) is 18.2 Å². The number of piperidine rings is 1. The number of amides is 1. The van der Waals surface area contributed by atoms with Crippen LogP contribution >= 0.6 is 11.3 Å². The molecule has 1 saturated heterocycles. The third-order valence-electron chi connectivity index (χ3n) is 4.77. The Morgan fingerprint density at radius 1 is 1.13 bits per heavy atom. The minimum absolute atomic E-state index is 0.0103. The van der Waals surface area contributed by atoms with Gasteiger partial charge in [-0.2, -0.15) is 0 Å². The number of benzene rings is 1. The van der Waals surface area contributed by atoms with Crippen molar-refractivity contribution in [2.24, 2.45) is 5.92 Å². The molecule has 0 aliphatic carbocycles. The Morgan fingerprint density at radius 3 is 2.42 bits per heavy atom. The molecule has 0 spiro atoms. The second-order valence-corrected chi connectivity index (χ2v) is 9.57. The standard InChI is InChI=1S/C19H19F3N2O5S2/c20-19(21,22)29-14-4-1-2-6-16(14)31(27,28)23-12-13-7-9-24(10-8-13)18(26)17(25)15-5-3-11-30-15/h1-6,11,13,23H,7-10,12H2. The van der Waals surface area contributed by atoms with Crippen molar-refractivity contribution in [1.82, 2.24) is 9.62 Å². The van der Waals surface area contributed by atoms with Crippen molar-refractivity contribution in [2.75, 3.05) is 19.6 Å². The summed E-state index contributed by atoms with van der Waals surface area (Å²) in [6.07, 6.45) is -4.12. The Bertz CT molecular complexity index is 1030. The summed E-state index contributed by atoms with van der Waals surface area (Å²) in [6.45, 7) is 0.565. The molecule has 0 radical (unpaired) electrons. The highest BCUT2D eigenvalue weighted by molar-refractivity contribution is 7.89. The number of ether oxygens (including phenoxy) is 1. The van der Waals surface area contributed by atoms with Crippen LogP contribution < -0.4 is 9.46 Å². The van der Waals surface area contributed by atoms with Gasteiger partial charge in [0.2, 0.25) is 10.0 Å². The minimum atomic E-state index is -5.02. The monoisotopic (exact) mass is 476 g/mol. The first-order valence-electron chi connectivity index (χ1n) is 9.28. The van der Waals surface area contributed by atoms with E-state index in [1.165, 1.54) is 28.4 Å². The maximum atomic E-state index is 12.5. The molecule has 2 aromatic rings. The van der Waals surface area contributed by atoms with Crippen LogP contribution in [-0.2, 0) is 14.8 Å². The smallest absolute Gasteiger partial charge is 0.404 e. The number of thiophene rings is 1. The normalized spacial score (nSPS) is 15.6. The Labute approximate surface area is 180 Å². The van der Waals surface area contributed by atoms with E-state index in [2.05, 4.69) is 9.46 Å². The van der Waals surface area contributed by atoms with Crippen LogP contribution in [0, 0.1) is 5.92 Å². The summed E-state index contributed by atoms with van der Waals surface area (Å²) in [5.41, 5.74) is 0. The second-order valence-electron chi connectivity index (χ2n) is 6.89. The van der Waals surface area contributed by atoms with Crippen molar-refractivity contribution in [3.8, 4) is 5.75 Å². The van der Waals surface area contributed by atoms with Gasteiger partial charge in [0.1, 0.15) is 10.6 Å². The van der Waals surface area contributed by atoms with Gasteiger partial charge in [0, 0.05) is 19.6 Å². The first kappa shape index (κ1) is 23.2. The Morgan fingerprint density at radius 2 is 1.81 bits per heavy atom. The number of likely N-dealkylation sites (tertiary alicyclic amines) is 1. The van der Waals surface area contributed by atoms with Gasteiger partial charge in [0.05, 0.1) is 4.88 Å². The van der Waals surface area contributed by atoms with Gasteiger partial charge in [-0.15, -0.1) is 24.5 Å². The van der Waals surface area contributed by atoms with Crippen molar-refractivity contribution in [3.63, 3.8) is 0 Å². The Kier molecular flexibility index (Phi) is 7.02. The fourth-order valence-corrected chi connectivity index (χ4v) is 5.08. The van der Waals surface area contributed by atoms with Crippen molar-refractivity contribution < 1.29 is 35.9 Å². The number of carbonyl (C=O) groups excluding carboxylic acids is 2. The van der Waals surface area contributed by atoms with Gasteiger partial charge >= 0.3 is 6.36 Å². The fourth-order valence-electron chi connectivity index (χ4n) is 3.18. The molecule has 12 heteroatoms. The molecule has 1 aromatic heterocycles. The highest BCUT2D eigenvalue weighted by Crippen LogP contribution is 2.29. The highest BCUT2D eigenvalue weighted by Gasteiger charge is 2.34. The lowest BCUT2D eigenvalue weighted by Gasteiger charge is -2.31. The highest BCUT2D eigenvalue weighted by atomic mass is 32.2. The number of rotatable bonds is 7. The number of Topliss-reactive ketones (excluding diaryl/α,β-unsaturated/α-hetero) is 1. The van der Waals surface area contributed by atoms with Crippen LogP contribution in [0.1, 0.15) is 22.5 Å². The summed E-state index contributed by atoms with van der Waals surface area (Å²) < 4.78 is 68.8. The summed E-state index contributed by atoms with van der Waals surface area (Å²) in [5, 5.41) is 1.71. The number of nitrogens with one attached hydrogen (secondary N) is 1. The molecule has 0 bridgehead atoms. The molecule has 0 saturated carbocycles. The molecular formula is C19H19F3N2O5S2. The average molecular weight is 476 g/mol. The number of halogens is 3. The zero-order valence-corrected chi connectivity index (χ0v) is 17.7. The quantitative estimate of drug-likeness (QED) is 0.490. The number of alkyl halides is 3. The third kappa shape index (κ3) is 6.05. The molecule has 0 unspecified atom stereocenters. The van der Waals surface area contributed by atoms with Crippen LogP contribution in [0.3, 0.4) is 0 Å². The molecule has 2 heterocycles. The summed E-state index contributed by atoms with van der Waals surface area (Å²) >= 11 is 1.18. The molecule has 1 aliphatic heterocycles. The first-order valence-corrected chi connectivity index (χ1v) is 11.6. The number of hydrogen-bond acceptors (Lipinski definition) is 6. The Balaban J connectivity index is 1.56. The number of ketones is 1. The first-order chi connectivity index (χ1) is 14.6. The van der Waals surface area contributed by atoms with E-state index in [0.29, 0.717) is 17.7 Å². The predicted octanol–water partition coefficient (Wildman–Crippen LogP) is 3.05. The molecular weight excluding hydrogens is 457 g/mol. The van der Waals surface area contributed by atoms with Gasteiger partial charge in [0.25, 0.3) is 11.7 Å². The van der Waals surface area contributed by atoms with Gasteiger partial charge in [-0.3, -0.25) is 9.59 Å². The lowest BCUT2D eigenvalue weighted by atomic mass is 9.97. The van der Waals surface area contributed by atoms with Crippen molar-refractivity contribution in [3.05, 3.63) is 46.7 Å². The van der Waals surface area contributed by atoms with E-state index in [4.69, 9.17) is 0 Å². The second kappa shape index (κ2) is 9.37. The van der Waals surface area contributed by atoms with Crippen LogP contribution in [0.2, 0.25) is 0 Å². The molecule has 1 aliphatic rings. The lowest BCUT2D eigenvalue weighted by Crippen LogP contribution is -2.44. The zero-order valence-electron chi connectivity index (χ0n) is 16.1. The number of nitrogens with zero attached hydrogens (tertiary/aromatic N) is 1. The zero-order chi connectivity index (χ0) is 22.6. The molecule has 1 amide bonds. The summed E-state index contributed by atoms with van der Waals surface area (Å²) in [7, 11) is -4.24.